The van der Waals surface area contributed by atoms with Gasteiger partial charge in [-0.1, -0.05) is 12.2 Å². The fourth-order valence-electron chi connectivity index (χ4n) is 2.52. The van der Waals surface area contributed by atoms with Crippen LogP contribution in [-0.2, 0) is 14.3 Å². The number of ether oxygens (including phenoxy) is 2. The molecule has 0 aromatic heterocycles. The van der Waals surface area contributed by atoms with Crippen LogP contribution < -0.4 is 5.32 Å². The summed E-state index contributed by atoms with van der Waals surface area (Å²) in [4.78, 5) is 23.5. The van der Waals surface area contributed by atoms with E-state index in [0.717, 1.165) is 6.42 Å². The van der Waals surface area contributed by atoms with E-state index in [-0.39, 0.29) is 5.70 Å². The standard InChI is InChI=1S/C15H21NO4/c1-15(2,3)20-14(18)16-12(13(17)19-4)8-11-9-6-5-7-10(9)11/h5-6,8-11H,7H2,1-4H3,(H,16,18)/b12-8-. The summed E-state index contributed by atoms with van der Waals surface area (Å²) in [5, 5.41) is 2.49. The van der Waals surface area contributed by atoms with Crippen molar-refractivity contribution in [3.8, 4) is 0 Å². The fourth-order valence-corrected chi connectivity index (χ4v) is 2.52. The van der Waals surface area contributed by atoms with Gasteiger partial charge in [0.15, 0.2) is 0 Å². The lowest BCUT2D eigenvalue weighted by Crippen LogP contribution is -2.34. The first-order valence-corrected chi connectivity index (χ1v) is 6.78. The molecule has 0 radical (unpaired) electrons. The summed E-state index contributed by atoms with van der Waals surface area (Å²) in [5.41, 5.74) is -0.445. The topological polar surface area (TPSA) is 64.6 Å². The summed E-state index contributed by atoms with van der Waals surface area (Å²) in [6.07, 6.45) is 6.49. The van der Waals surface area contributed by atoms with Gasteiger partial charge in [0.2, 0.25) is 0 Å². The van der Waals surface area contributed by atoms with Gasteiger partial charge in [0.05, 0.1) is 7.11 Å². The van der Waals surface area contributed by atoms with Gasteiger partial charge in [-0.25, -0.2) is 9.59 Å². The van der Waals surface area contributed by atoms with Crippen LogP contribution in [0.15, 0.2) is 23.9 Å². The number of hydrogen-bond acceptors (Lipinski definition) is 4. The molecule has 1 N–H and O–H groups in total. The number of fused-ring (bicyclic) bond motifs is 1. The van der Waals surface area contributed by atoms with E-state index < -0.39 is 17.7 Å². The van der Waals surface area contributed by atoms with E-state index >= 15 is 0 Å². The molecule has 0 spiro atoms. The van der Waals surface area contributed by atoms with E-state index in [2.05, 4.69) is 17.5 Å². The van der Waals surface area contributed by atoms with Gasteiger partial charge in [0.1, 0.15) is 11.3 Å². The van der Waals surface area contributed by atoms with Crippen molar-refractivity contribution in [2.75, 3.05) is 7.11 Å². The number of esters is 1. The van der Waals surface area contributed by atoms with Gasteiger partial charge in [0.25, 0.3) is 0 Å². The zero-order valence-electron chi connectivity index (χ0n) is 12.3. The van der Waals surface area contributed by atoms with E-state index in [1.54, 1.807) is 26.8 Å². The molecule has 1 saturated carbocycles. The van der Waals surface area contributed by atoms with Crippen LogP contribution in [0.3, 0.4) is 0 Å². The molecule has 0 heterocycles. The SMILES string of the molecule is COC(=O)/C(=C/C1C2C=CCC21)NC(=O)OC(C)(C)C. The third-order valence-electron chi connectivity index (χ3n) is 3.46. The van der Waals surface area contributed by atoms with Crippen molar-refractivity contribution in [1.29, 1.82) is 0 Å². The monoisotopic (exact) mass is 279 g/mol. The average Bonchev–Trinajstić information content (AvgIpc) is 2.77. The molecule has 0 aliphatic heterocycles. The van der Waals surface area contributed by atoms with Gasteiger partial charge in [-0.2, -0.15) is 0 Å². The minimum atomic E-state index is -0.643. The highest BCUT2D eigenvalue weighted by atomic mass is 16.6. The molecule has 0 bridgehead atoms. The Morgan fingerprint density at radius 1 is 1.35 bits per heavy atom. The maximum atomic E-state index is 11.7. The minimum Gasteiger partial charge on any atom is -0.464 e. The van der Waals surface area contributed by atoms with Crippen LogP contribution in [-0.4, -0.2) is 24.8 Å². The van der Waals surface area contributed by atoms with Gasteiger partial charge >= 0.3 is 12.1 Å². The zero-order chi connectivity index (χ0) is 14.9. The summed E-state index contributed by atoms with van der Waals surface area (Å²) in [6, 6.07) is 0. The smallest absolute Gasteiger partial charge is 0.412 e. The number of allylic oxidation sites excluding steroid dienone is 3. The quantitative estimate of drug-likeness (QED) is 0.489. The minimum absolute atomic E-state index is 0.162. The predicted molar refractivity (Wildman–Crippen MR) is 73.7 cm³/mol. The van der Waals surface area contributed by atoms with Crippen LogP contribution >= 0.6 is 0 Å². The first-order chi connectivity index (χ1) is 9.31. The molecule has 0 saturated heterocycles. The highest BCUT2D eigenvalue weighted by molar-refractivity contribution is 5.92. The Bertz CT molecular complexity index is 473. The molecule has 5 heteroatoms. The lowest BCUT2D eigenvalue weighted by Gasteiger charge is -2.20. The van der Waals surface area contributed by atoms with Gasteiger partial charge in [-0.15, -0.1) is 0 Å². The molecule has 20 heavy (non-hydrogen) atoms. The van der Waals surface area contributed by atoms with Crippen molar-refractivity contribution in [1.82, 2.24) is 5.32 Å². The summed E-state index contributed by atoms with van der Waals surface area (Å²) < 4.78 is 9.84. The van der Waals surface area contributed by atoms with E-state index in [1.165, 1.54) is 7.11 Å². The normalized spacial score (nSPS) is 27.8. The van der Waals surface area contributed by atoms with Gasteiger partial charge in [-0.05, 0) is 51.0 Å². The third-order valence-corrected chi connectivity index (χ3v) is 3.46. The van der Waals surface area contributed by atoms with Gasteiger partial charge in [-0.3, -0.25) is 5.32 Å². The van der Waals surface area contributed by atoms with E-state index in [1.807, 2.05) is 0 Å². The zero-order valence-corrected chi connectivity index (χ0v) is 12.3. The molecule has 1 fully saturated rings. The van der Waals surface area contributed by atoms with E-state index in [0.29, 0.717) is 17.8 Å². The number of carbonyl (C=O) groups excluding carboxylic acids is 2. The molecule has 3 atom stereocenters. The van der Waals surface area contributed by atoms with Crippen molar-refractivity contribution in [2.45, 2.75) is 32.8 Å². The first kappa shape index (κ1) is 14.6. The van der Waals surface area contributed by atoms with Gasteiger partial charge < -0.3 is 9.47 Å². The Morgan fingerprint density at radius 2 is 2.05 bits per heavy atom. The summed E-state index contributed by atoms with van der Waals surface area (Å²) in [5.74, 6) is 0.819. The van der Waals surface area contributed by atoms with Crippen molar-refractivity contribution < 1.29 is 19.1 Å². The molecule has 110 valence electrons. The van der Waals surface area contributed by atoms with Crippen LogP contribution in [0.1, 0.15) is 27.2 Å². The van der Waals surface area contributed by atoms with Gasteiger partial charge in [0, 0.05) is 0 Å². The maximum Gasteiger partial charge on any atom is 0.412 e. The number of rotatable bonds is 3. The summed E-state index contributed by atoms with van der Waals surface area (Å²) in [6.45, 7) is 5.30. The number of nitrogens with one attached hydrogen (secondary N) is 1. The van der Waals surface area contributed by atoms with Crippen molar-refractivity contribution >= 4 is 12.1 Å². The lowest BCUT2D eigenvalue weighted by atomic mass is 10.2. The highest BCUT2D eigenvalue weighted by Crippen LogP contribution is 2.54. The molecular weight excluding hydrogens is 258 g/mol. The molecule has 5 nitrogen and oxygen atoms in total. The highest BCUT2D eigenvalue weighted by Gasteiger charge is 2.49. The Labute approximate surface area is 119 Å². The molecule has 1 amide bonds. The largest absolute Gasteiger partial charge is 0.464 e. The number of amides is 1. The molecule has 2 aliphatic carbocycles. The maximum absolute atomic E-state index is 11.7. The second-order valence-electron chi connectivity index (χ2n) is 6.18. The Hall–Kier alpha value is -1.78. The molecule has 0 aromatic rings. The van der Waals surface area contributed by atoms with Crippen LogP contribution in [0, 0.1) is 17.8 Å². The van der Waals surface area contributed by atoms with Crippen LogP contribution in [0.2, 0.25) is 0 Å². The van der Waals surface area contributed by atoms with Crippen molar-refractivity contribution in [3.05, 3.63) is 23.9 Å². The summed E-state index contributed by atoms with van der Waals surface area (Å²) in [7, 11) is 1.29. The van der Waals surface area contributed by atoms with E-state index in [9.17, 15) is 9.59 Å². The van der Waals surface area contributed by atoms with Crippen LogP contribution in [0.5, 0.6) is 0 Å². The summed E-state index contributed by atoms with van der Waals surface area (Å²) >= 11 is 0. The van der Waals surface area contributed by atoms with Crippen LogP contribution in [0.4, 0.5) is 4.79 Å². The first-order valence-electron chi connectivity index (χ1n) is 6.78. The Kier molecular flexibility index (Phi) is 3.88. The third kappa shape index (κ3) is 3.40. The lowest BCUT2D eigenvalue weighted by molar-refractivity contribution is -0.136. The number of alkyl carbamates (subject to hydrolysis) is 1. The Balaban J connectivity index is 2.01. The number of methoxy groups -OCH3 is 1. The second kappa shape index (κ2) is 5.31. The molecule has 2 aliphatic rings. The predicted octanol–water partition coefficient (Wildman–Crippen LogP) is 2.39. The van der Waals surface area contributed by atoms with E-state index in [4.69, 9.17) is 9.47 Å². The molecule has 0 aromatic carbocycles. The Morgan fingerprint density at radius 3 is 2.55 bits per heavy atom. The second-order valence-corrected chi connectivity index (χ2v) is 6.18. The number of carbonyl (C=O) groups is 2. The fraction of sp³-hybridized carbons (Fsp3) is 0.600. The molecular formula is C15H21NO4. The van der Waals surface area contributed by atoms with Crippen molar-refractivity contribution in [3.63, 3.8) is 0 Å². The van der Waals surface area contributed by atoms with Crippen molar-refractivity contribution in [2.24, 2.45) is 17.8 Å². The molecule has 3 unspecified atom stereocenters. The average molecular weight is 279 g/mol. The number of hydrogen-bond donors (Lipinski definition) is 1. The molecule has 2 rings (SSSR count). The van der Waals surface area contributed by atoms with Crippen LogP contribution in [0.25, 0.3) is 0 Å².